The van der Waals surface area contributed by atoms with Gasteiger partial charge in [-0.3, -0.25) is 4.90 Å². The first kappa shape index (κ1) is 27.9. The molecular formula is C30H26ClF3N6O3S. The molecule has 8 rings (SSSR count). The molecule has 14 heteroatoms. The minimum atomic E-state index is -0.952. The van der Waals surface area contributed by atoms with E-state index in [-0.39, 0.29) is 72.7 Å². The van der Waals surface area contributed by atoms with Crippen molar-refractivity contribution >= 4 is 54.7 Å². The Balaban J connectivity index is 1.35. The fraction of sp³-hybridized carbons (Fsp3) is 0.433. The van der Waals surface area contributed by atoms with Gasteiger partial charge in [0.2, 0.25) is 0 Å². The van der Waals surface area contributed by atoms with Crippen LogP contribution in [0.1, 0.15) is 31.2 Å². The molecule has 2 unspecified atom stereocenters. The molecule has 0 amide bonds. The van der Waals surface area contributed by atoms with Crippen molar-refractivity contribution < 1.29 is 27.8 Å². The van der Waals surface area contributed by atoms with E-state index in [9.17, 15) is 19.1 Å². The number of hydrogen-bond donors (Lipinski definition) is 2. The van der Waals surface area contributed by atoms with Crippen molar-refractivity contribution in [1.29, 1.82) is 5.26 Å². The average molecular weight is 643 g/mol. The second-order valence-electron chi connectivity index (χ2n) is 11.9. The second-order valence-corrected chi connectivity index (χ2v) is 13.4. The Morgan fingerprint density at radius 2 is 2.11 bits per heavy atom. The van der Waals surface area contributed by atoms with Crippen molar-refractivity contribution in [3.8, 4) is 29.0 Å². The third-order valence-corrected chi connectivity index (χ3v) is 10.9. The normalized spacial score (nSPS) is 26.1. The SMILES string of the molecule is N#Cc1c(N)sc2c(F)ccc(-c3c(Cl)c4c5c(nc(OC[C@@]67CCCN6C[C@H](F)C7)nc5c3F)N3CCC(O)C3CO4)c12. The number of aliphatic hydroxyl groups excluding tert-OH is 1. The maximum atomic E-state index is 16.9. The quantitative estimate of drug-likeness (QED) is 0.310. The standard InChI is InChI=1S/C30H26ClF3N6O3S/c31-22-20(14-2-3-16(33)26-19(14)15(9-35)27(36)44-26)23(34)24-21-25(22)42-11-17-18(41)4-7-40(17)28(21)38-29(37-24)43-12-30-5-1-6-39(30)10-13(32)8-30/h2-3,13,17-18,41H,1,4-8,10-12,36H2/t13-,17?,18?,30+/m1/s1. The smallest absolute Gasteiger partial charge is 0.319 e. The molecule has 0 spiro atoms. The Hall–Kier alpha value is -3.57. The third-order valence-electron chi connectivity index (χ3n) is 9.55. The Morgan fingerprint density at radius 3 is 2.93 bits per heavy atom. The summed E-state index contributed by atoms with van der Waals surface area (Å²) in [5, 5.41) is 21.0. The largest absolute Gasteiger partial charge is 0.489 e. The molecule has 9 nitrogen and oxygen atoms in total. The first-order valence-electron chi connectivity index (χ1n) is 14.4. The van der Waals surface area contributed by atoms with E-state index < -0.39 is 35.5 Å². The molecule has 0 bridgehead atoms. The van der Waals surface area contributed by atoms with Gasteiger partial charge in [-0.1, -0.05) is 17.7 Å². The summed E-state index contributed by atoms with van der Waals surface area (Å²) in [6.07, 6.45) is 0.814. The summed E-state index contributed by atoms with van der Waals surface area (Å²) in [5.74, 6) is -1.02. The van der Waals surface area contributed by atoms with Gasteiger partial charge in [0, 0.05) is 30.5 Å². The molecule has 3 saturated heterocycles. The lowest BCUT2D eigenvalue weighted by Gasteiger charge is -2.31. The molecule has 2 aromatic heterocycles. The molecule has 0 saturated carbocycles. The van der Waals surface area contributed by atoms with Gasteiger partial charge in [0.05, 0.1) is 38.4 Å². The summed E-state index contributed by atoms with van der Waals surface area (Å²) < 4.78 is 58.7. The van der Waals surface area contributed by atoms with Crippen LogP contribution in [0.4, 0.5) is 24.0 Å². The van der Waals surface area contributed by atoms with Gasteiger partial charge >= 0.3 is 6.01 Å². The summed E-state index contributed by atoms with van der Waals surface area (Å²) in [6, 6.07) is 3.95. The Bertz CT molecular complexity index is 1920. The highest BCUT2D eigenvalue weighted by Gasteiger charge is 2.49. The molecule has 4 aliphatic heterocycles. The van der Waals surface area contributed by atoms with Crippen molar-refractivity contribution in [2.45, 2.75) is 49.5 Å². The number of nitrogen functional groups attached to an aromatic ring is 1. The van der Waals surface area contributed by atoms with E-state index in [1.165, 1.54) is 12.1 Å². The number of rotatable bonds is 4. The zero-order valence-electron chi connectivity index (χ0n) is 23.2. The molecule has 228 valence electrons. The van der Waals surface area contributed by atoms with E-state index in [0.29, 0.717) is 31.7 Å². The number of nitriles is 1. The molecular weight excluding hydrogens is 617 g/mol. The topological polar surface area (TPSA) is 121 Å². The van der Waals surface area contributed by atoms with Gasteiger partial charge < -0.3 is 25.2 Å². The zero-order valence-corrected chi connectivity index (χ0v) is 24.8. The monoisotopic (exact) mass is 642 g/mol. The number of nitrogens with two attached hydrogens (primary N) is 1. The van der Waals surface area contributed by atoms with Crippen LogP contribution in [0.15, 0.2) is 12.1 Å². The van der Waals surface area contributed by atoms with Crippen molar-refractivity contribution in [2.24, 2.45) is 0 Å². The van der Waals surface area contributed by atoms with Crippen molar-refractivity contribution in [1.82, 2.24) is 14.9 Å². The number of ether oxygens (including phenoxy) is 2. The third kappa shape index (κ3) is 3.90. The van der Waals surface area contributed by atoms with Gasteiger partial charge in [0.1, 0.15) is 47.6 Å². The molecule has 6 heterocycles. The van der Waals surface area contributed by atoms with Crippen molar-refractivity contribution in [3.05, 3.63) is 34.4 Å². The highest BCUT2D eigenvalue weighted by atomic mass is 35.5. The van der Waals surface area contributed by atoms with Gasteiger partial charge in [-0.2, -0.15) is 15.2 Å². The van der Waals surface area contributed by atoms with Gasteiger partial charge in [0.25, 0.3) is 0 Å². The first-order valence-corrected chi connectivity index (χ1v) is 15.6. The Morgan fingerprint density at radius 1 is 1.27 bits per heavy atom. The number of aromatic nitrogens is 2. The van der Waals surface area contributed by atoms with Crippen LogP contribution >= 0.6 is 22.9 Å². The van der Waals surface area contributed by atoms with Crippen molar-refractivity contribution in [2.75, 3.05) is 43.5 Å². The Kier molecular flexibility index (Phi) is 6.33. The number of alkyl halides is 1. The summed E-state index contributed by atoms with van der Waals surface area (Å²) in [5.41, 5.74) is 5.46. The van der Waals surface area contributed by atoms with Crippen LogP contribution in [0, 0.1) is 23.0 Å². The van der Waals surface area contributed by atoms with Crippen LogP contribution in [0.25, 0.3) is 32.1 Å². The number of halogens is 4. The second kappa shape index (κ2) is 9.97. The number of aliphatic hydroxyl groups is 1. The van der Waals surface area contributed by atoms with E-state index >= 15 is 4.39 Å². The van der Waals surface area contributed by atoms with Gasteiger partial charge in [-0.15, -0.1) is 11.3 Å². The van der Waals surface area contributed by atoms with E-state index in [0.717, 1.165) is 30.7 Å². The summed E-state index contributed by atoms with van der Waals surface area (Å²) >= 11 is 7.82. The maximum absolute atomic E-state index is 16.9. The van der Waals surface area contributed by atoms with Crippen LogP contribution in [-0.4, -0.2) is 76.7 Å². The van der Waals surface area contributed by atoms with Gasteiger partial charge in [-0.25, -0.2) is 13.2 Å². The molecule has 2 aromatic carbocycles. The summed E-state index contributed by atoms with van der Waals surface area (Å²) in [4.78, 5) is 13.2. The summed E-state index contributed by atoms with van der Waals surface area (Å²) in [7, 11) is 0. The fourth-order valence-corrected chi connectivity index (χ4v) is 8.79. The number of nitrogens with zero attached hydrogens (tertiary/aromatic N) is 5. The molecule has 0 aliphatic carbocycles. The lowest BCUT2D eigenvalue weighted by Crippen LogP contribution is -2.43. The average Bonchev–Trinajstić information content (AvgIpc) is 3.71. The first-order chi connectivity index (χ1) is 21.2. The summed E-state index contributed by atoms with van der Waals surface area (Å²) in [6.45, 7) is 1.73. The Labute approximate surface area is 258 Å². The molecule has 3 N–H and O–H groups in total. The number of benzene rings is 2. The molecule has 4 atom stereocenters. The van der Waals surface area contributed by atoms with Gasteiger partial charge in [-0.05, 0) is 37.4 Å². The van der Waals surface area contributed by atoms with E-state index in [4.69, 9.17) is 31.8 Å². The molecule has 3 fully saturated rings. The van der Waals surface area contributed by atoms with Crippen LogP contribution in [0.5, 0.6) is 11.8 Å². The zero-order chi connectivity index (χ0) is 30.5. The molecule has 0 radical (unpaired) electrons. The maximum Gasteiger partial charge on any atom is 0.319 e. The number of hydrogen-bond acceptors (Lipinski definition) is 10. The van der Waals surface area contributed by atoms with Crippen LogP contribution in [-0.2, 0) is 0 Å². The number of thiophene rings is 1. The fourth-order valence-electron chi connectivity index (χ4n) is 7.51. The molecule has 4 aromatic rings. The molecule has 44 heavy (non-hydrogen) atoms. The molecule has 4 aliphatic rings. The van der Waals surface area contributed by atoms with E-state index in [1.807, 2.05) is 11.0 Å². The van der Waals surface area contributed by atoms with E-state index in [1.54, 1.807) is 0 Å². The highest BCUT2D eigenvalue weighted by Crippen LogP contribution is 2.51. The number of fused-ring (bicyclic) bond motifs is 4. The minimum absolute atomic E-state index is 0.0149. The van der Waals surface area contributed by atoms with Crippen LogP contribution < -0.4 is 20.1 Å². The highest BCUT2D eigenvalue weighted by molar-refractivity contribution is 7.23. The predicted molar refractivity (Wildman–Crippen MR) is 160 cm³/mol. The minimum Gasteiger partial charge on any atom is -0.489 e. The lowest BCUT2D eigenvalue weighted by molar-refractivity contribution is 0.107. The lowest BCUT2D eigenvalue weighted by atomic mass is 9.95. The van der Waals surface area contributed by atoms with Crippen LogP contribution in [0.3, 0.4) is 0 Å². The van der Waals surface area contributed by atoms with Crippen LogP contribution in [0.2, 0.25) is 5.02 Å². The number of anilines is 2. The van der Waals surface area contributed by atoms with Gasteiger partial charge in [0.15, 0.2) is 11.6 Å². The van der Waals surface area contributed by atoms with Crippen molar-refractivity contribution in [3.63, 3.8) is 0 Å². The van der Waals surface area contributed by atoms with E-state index in [2.05, 4.69) is 9.88 Å². The predicted octanol–water partition coefficient (Wildman–Crippen LogP) is 5.18.